The minimum absolute atomic E-state index is 0. The Morgan fingerprint density at radius 1 is 1.43 bits per heavy atom. The zero-order valence-corrected chi connectivity index (χ0v) is 17.6. The first kappa shape index (κ1) is 20.6. The van der Waals surface area contributed by atoms with Crippen LogP contribution in [0.15, 0.2) is 11.2 Å². The van der Waals surface area contributed by atoms with Crippen LogP contribution in [0.3, 0.4) is 0 Å². The largest absolute Gasteiger partial charge is 0.356 e. The summed E-state index contributed by atoms with van der Waals surface area (Å²) in [4.78, 5) is 12.6. The van der Waals surface area contributed by atoms with Gasteiger partial charge in [0, 0.05) is 31.2 Å². The van der Waals surface area contributed by atoms with Crippen LogP contribution >= 0.6 is 35.3 Å². The number of nitrogens with zero attached hydrogens (tertiary/aromatic N) is 3. The molecule has 0 saturated carbocycles. The van der Waals surface area contributed by atoms with E-state index >= 15 is 0 Å². The van der Waals surface area contributed by atoms with E-state index < -0.39 is 0 Å². The number of hydrogen-bond acceptors (Lipinski definition) is 4. The molecule has 2 heterocycles. The molecule has 23 heavy (non-hydrogen) atoms. The summed E-state index contributed by atoms with van der Waals surface area (Å²) < 4.78 is 0. The zero-order chi connectivity index (χ0) is 15.8. The van der Waals surface area contributed by atoms with Gasteiger partial charge in [-0.1, -0.05) is 13.8 Å². The predicted octanol–water partition coefficient (Wildman–Crippen LogP) is 2.72. The van der Waals surface area contributed by atoms with Gasteiger partial charge in [0.2, 0.25) is 0 Å². The average molecular weight is 451 g/mol. The molecule has 0 radical (unpaired) electrons. The van der Waals surface area contributed by atoms with E-state index in [0.717, 1.165) is 36.4 Å². The zero-order valence-electron chi connectivity index (χ0n) is 14.5. The third-order valence-corrected chi connectivity index (χ3v) is 5.19. The molecule has 2 rings (SSSR count). The van der Waals surface area contributed by atoms with Gasteiger partial charge in [0.15, 0.2) is 5.96 Å². The molecule has 5 nitrogen and oxygen atoms in total. The number of aryl methyl sites for hydroxylation is 1. The van der Waals surface area contributed by atoms with Crippen LogP contribution in [0.1, 0.15) is 36.6 Å². The topological polar surface area (TPSA) is 52.5 Å². The Morgan fingerprint density at radius 3 is 2.91 bits per heavy atom. The lowest BCUT2D eigenvalue weighted by molar-refractivity contribution is 0.324. The fourth-order valence-corrected chi connectivity index (χ4v) is 3.62. The minimum atomic E-state index is 0. The molecule has 0 aromatic carbocycles. The minimum Gasteiger partial charge on any atom is -0.356 e. The standard InChI is InChI=1S/C16H29N5S.HI/c1-4-7-21-8-6-13(12-21)9-19-16(17-3)20-11-15-18-10-14(5-2)22-15;/h10,13H,4-9,11-12H2,1-3H3,(H2,17,19,20);1H. The lowest BCUT2D eigenvalue weighted by Gasteiger charge is -2.16. The predicted molar refractivity (Wildman–Crippen MR) is 110 cm³/mol. The summed E-state index contributed by atoms with van der Waals surface area (Å²) in [5.41, 5.74) is 0. The van der Waals surface area contributed by atoms with Gasteiger partial charge in [-0.2, -0.15) is 0 Å². The van der Waals surface area contributed by atoms with Crippen molar-refractivity contribution in [1.82, 2.24) is 20.5 Å². The van der Waals surface area contributed by atoms with Crippen LogP contribution in [-0.4, -0.2) is 49.1 Å². The van der Waals surface area contributed by atoms with Crippen molar-refractivity contribution in [3.05, 3.63) is 16.1 Å². The number of aromatic nitrogens is 1. The van der Waals surface area contributed by atoms with Gasteiger partial charge in [-0.25, -0.2) is 4.98 Å². The molecular formula is C16H30IN5S. The second-order valence-electron chi connectivity index (χ2n) is 5.84. The normalized spacial score (nSPS) is 18.7. The number of rotatable bonds is 7. The molecule has 1 aliphatic rings. The Kier molecular flexibility index (Phi) is 10.0. The van der Waals surface area contributed by atoms with E-state index in [2.05, 4.69) is 39.4 Å². The molecule has 0 bridgehead atoms. The first-order chi connectivity index (χ1) is 10.7. The molecular weight excluding hydrogens is 421 g/mol. The molecule has 132 valence electrons. The number of likely N-dealkylation sites (tertiary alicyclic amines) is 1. The molecule has 1 aliphatic heterocycles. The molecule has 1 aromatic heterocycles. The van der Waals surface area contributed by atoms with Crippen molar-refractivity contribution in [3.8, 4) is 0 Å². The lowest BCUT2D eigenvalue weighted by Crippen LogP contribution is -2.39. The highest BCUT2D eigenvalue weighted by Crippen LogP contribution is 2.15. The van der Waals surface area contributed by atoms with Crippen molar-refractivity contribution in [2.24, 2.45) is 10.9 Å². The van der Waals surface area contributed by atoms with E-state index in [1.165, 1.54) is 37.4 Å². The van der Waals surface area contributed by atoms with E-state index in [4.69, 9.17) is 0 Å². The van der Waals surface area contributed by atoms with E-state index in [1.807, 2.05) is 13.2 Å². The van der Waals surface area contributed by atoms with Crippen molar-refractivity contribution in [1.29, 1.82) is 0 Å². The highest BCUT2D eigenvalue weighted by atomic mass is 127. The summed E-state index contributed by atoms with van der Waals surface area (Å²) >= 11 is 1.77. The van der Waals surface area contributed by atoms with E-state index in [1.54, 1.807) is 11.3 Å². The second kappa shape index (κ2) is 11.2. The Hall–Kier alpha value is -0.410. The van der Waals surface area contributed by atoms with Crippen molar-refractivity contribution in [2.75, 3.05) is 33.2 Å². The maximum Gasteiger partial charge on any atom is 0.191 e. The molecule has 1 aromatic rings. The first-order valence-electron chi connectivity index (χ1n) is 8.35. The van der Waals surface area contributed by atoms with Crippen molar-refractivity contribution in [3.63, 3.8) is 0 Å². The van der Waals surface area contributed by atoms with E-state index in [-0.39, 0.29) is 24.0 Å². The van der Waals surface area contributed by atoms with Gasteiger partial charge in [-0.3, -0.25) is 4.99 Å². The lowest BCUT2D eigenvalue weighted by atomic mass is 10.1. The third-order valence-electron chi connectivity index (χ3n) is 4.05. The highest BCUT2D eigenvalue weighted by molar-refractivity contribution is 14.0. The van der Waals surface area contributed by atoms with Gasteiger partial charge >= 0.3 is 0 Å². The summed E-state index contributed by atoms with van der Waals surface area (Å²) in [6.45, 7) is 9.84. The first-order valence-corrected chi connectivity index (χ1v) is 9.17. The summed E-state index contributed by atoms with van der Waals surface area (Å²) in [5.74, 6) is 1.61. The fourth-order valence-electron chi connectivity index (χ4n) is 2.81. The number of thiazole rings is 1. The van der Waals surface area contributed by atoms with Crippen LogP contribution in [0, 0.1) is 5.92 Å². The second-order valence-corrected chi connectivity index (χ2v) is 7.04. The molecule has 2 N–H and O–H groups in total. The van der Waals surface area contributed by atoms with Crippen LogP contribution < -0.4 is 10.6 Å². The van der Waals surface area contributed by atoms with Crippen LogP contribution in [-0.2, 0) is 13.0 Å². The number of nitrogens with one attached hydrogen (secondary N) is 2. The molecule has 1 atom stereocenters. The van der Waals surface area contributed by atoms with Crippen LogP contribution in [0.4, 0.5) is 0 Å². The molecule has 7 heteroatoms. The quantitative estimate of drug-likeness (QED) is 0.380. The monoisotopic (exact) mass is 451 g/mol. The average Bonchev–Trinajstić information content (AvgIpc) is 3.17. The van der Waals surface area contributed by atoms with Gasteiger partial charge in [-0.15, -0.1) is 35.3 Å². The number of hydrogen-bond donors (Lipinski definition) is 2. The molecule has 1 saturated heterocycles. The van der Waals surface area contributed by atoms with Crippen molar-refractivity contribution >= 4 is 41.3 Å². The highest BCUT2D eigenvalue weighted by Gasteiger charge is 2.21. The van der Waals surface area contributed by atoms with Gasteiger partial charge in [0.1, 0.15) is 5.01 Å². The molecule has 0 spiro atoms. The molecule has 0 aliphatic carbocycles. The van der Waals surface area contributed by atoms with E-state index in [0.29, 0.717) is 0 Å². The maximum atomic E-state index is 4.43. The molecule has 1 unspecified atom stereocenters. The number of aliphatic imine (C=N–C) groups is 1. The van der Waals surface area contributed by atoms with Crippen LogP contribution in [0.25, 0.3) is 0 Å². The number of halogens is 1. The van der Waals surface area contributed by atoms with Gasteiger partial charge in [0.25, 0.3) is 0 Å². The Bertz CT molecular complexity index is 477. The van der Waals surface area contributed by atoms with Crippen LogP contribution in [0.2, 0.25) is 0 Å². The molecule has 0 amide bonds. The summed E-state index contributed by atoms with van der Waals surface area (Å²) in [6.07, 6.45) is 5.56. The van der Waals surface area contributed by atoms with Crippen LogP contribution in [0.5, 0.6) is 0 Å². The van der Waals surface area contributed by atoms with Gasteiger partial charge in [0.05, 0.1) is 6.54 Å². The van der Waals surface area contributed by atoms with Gasteiger partial charge in [-0.05, 0) is 38.3 Å². The third kappa shape index (κ3) is 6.93. The fraction of sp³-hybridized carbons (Fsp3) is 0.750. The summed E-state index contributed by atoms with van der Waals surface area (Å²) in [5, 5.41) is 7.93. The number of guanidine groups is 1. The maximum absolute atomic E-state index is 4.43. The Balaban J connectivity index is 0.00000264. The Morgan fingerprint density at radius 2 is 2.26 bits per heavy atom. The van der Waals surface area contributed by atoms with Crippen molar-refractivity contribution in [2.45, 2.75) is 39.7 Å². The summed E-state index contributed by atoms with van der Waals surface area (Å²) in [7, 11) is 1.83. The van der Waals surface area contributed by atoms with Gasteiger partial charge < -0.3 is 15.5 Å². The molecule has 1 fully saturated rings. The Labute approximate surface area is 161 Å². The smallest absolute Gasteiger partial charge is 0.191 e. The summed E-state index contributed by atoms with van der Waals surface area (Å²) in [6, 6.07) is 0. The van der Waals surface area contributed by atoms with Crippen molar-refractivity contribution < 1.29 is 0 Å². The SMILES string of the molecule is CCCN1CCC(CNC(=NC)NCc2ncc(CC)s2)C1.I. The van der Waals surface area contributed by atoms with E-state index in [9.17, 15) is 0 Å².